The van der Waals surface area contributed by atoms with Crippen LogP contribution in [0.5, 0.6) is 0 Å². The van der Waals surface area contributed by atoms with Crippen LogP contribution < -0.4 is 4.90 Å². The lowest BCUT2D eigenvalue weighted by molar-refractivity contribution is -0.118. The first-order chi connectivity index (χ1) is 10.1. The van der Waals surface area contributed by atoms with Crippen molar-refractivity contribution in [2.24, 2.45) is 0 Å². The van der Waals surface area contributed by atoms with Crippen molar-refractivity contribution in [2.75, 3.05) is 11.4 Å². The summed E-state index contributed by atoms with van der Waals surface area (Å²) >= 11 is 4.51. The number of nitrogens with zero attached hydrogens (tertiary/aromatic N) is 1. The first-order valence-electron chi connectivity index (χ1n) is 7.22. The molecular formula is C18H21NOS. The third-order valence-electron chi connectivity index (χ3n) is 3.45. The van der Waals surface area contributed by atoms with Crippen LogP contribution in [0.2, 0.25) is 0 Å². The summed E-state index contributed by atoms with van der Waals surface area (Å²) in [6.45, 7) is 4.67. The van der Waals surface area contributed by atoms with Crippen molar-refractivity contribution in [1.29, 1.82) is 0 Å². The van der Waals surface area contributed by atoms with Gasteiger partial charge in [0.25, 0.3) is 0 Å². The van der Waals surface area contributed by atoms with Gasteiger partial charge in [-0.15, -0.1) is 0 Å². The van der Waals surface area contributed by atoms with Gasteiger partial charge in [0.2, 0.25) is 5.91 Å². The highest BCUT2D eigenvalue weighted by Gasteiger charge is 2.21. The largest absolute Gasteiger partial charge is 0.312 e. The van der Waals surface area contributed by atoms with E-state index in [-0.39, 0.29) is 11.2 Å². The molecule has 0 aliphatic carbocycles. The topological polar surface area (TPSA) is 20.3 Å². The Bertz CT molecular complexity index is 597. The molecule has 1 unspecified atom stereocenters. The molecule has 0 saturated heterocycles. The Balaban J connectivity index is 2.12. The maximum atomic E-state index is 12.6. The van der Waals surface area contributed by atoms with Crippen LogP contribution in [0, 0.1) is 6.92 Å². The van der Waals surface area contributed by atoms with Gasteiger partial charge in [-0.2, -0.15) is 12.6 Å². The molecule has 2 aromatic carbocycles. The van der Waals surface area contributed by atoms with Gasteiger partial charge in [-0.1, -0.05) is 42.5 Å². The van der Waals surface area contributed by atoms with Crippen molar-refractivity contribution in [1.82, 2.24) is 0 Å². The highest BCUT2D eigenvalue weighted by Crippen LogP contribution is 2.19. The number of benzene rings is 2. The zero-order valence-corrected chi connectivity index (χ0v) is 13.4. The number of anilines is 1. The molecule has 2 rings (SSSR count). The Morgan fingerprint density at radius 1 is 1.14 bits per heavy atom. The molecule has 0 fully saturated rings. The van der Waals surface area contributed by atoms with E-state index in [2.05, 4.69) is 12.6 Å². The van der Waals surface area contributed by atoms with E-state index in [9.17, 15) is 4.79 Å². The number of hydrogen-bond acceptors (Lipinski definition) is 2. The zero-order chi connectivity index (χ0) is 15.2. The minimum absolute atomic E-state index is 0.0512. The Labute approximate surface area is 132 Å². The van der Waals surface area contributed by atoms with E-state index in [1.807, 2.05) is 68.4 Å². The quantitative estimate of drug-likeness (QED) is 0.831. The molecular weight excluding hydrogens is 278 g/mol. The number of thiol groups is 1. The molecule has 1 amide bonds. The number of rotatable bonds is 5. The first kappa shape index (κ1) is 15.6. The molecule has 0 saturated carbocycles. The van der Waals surface area contributed by atoms with Gasteiger partial charge >= 0.3 is 0 Å². The zero-order valence-electron chi connectivity index (χ0n) is 12.5. The molecule has 0 spiro atoms. The molecule has 0 radical (unpaired) electrons. The van der Waals surface area contributed by atoms with E-state index in [0.717, 1.165) is 16.8 Å². The van der Waals surface area contributed by atoms with Gasteiger partial charge < -0.3 is 4.90 Å². The lowest BCUT2D eigenvalue weighted by Gasteiger charge is -2.24. The average Bonchev–Trinajstić information content (AvgIpc) is 2.49. The summed E-state index contributed by atoms with van der Waals surface area (Å²) in [5.41, 5.74) is 3.22. The van der Waals surface area contributed by atoms with Crippen molar-refractivity contribution in [3.8, 4) is 0 Å². The van der Waals surface area contributed by atoms with Crippen molar-refractivity contribution < 1.29 is 4.79 Å². The lowest BCUT2D eigenvalue weighted by atomic mass is 10.1. The van der Waals surface area contributed by atoms with Gasteiger partial charge in [0.15, 0.2) is 0 Å². The first-order valence-corrected chi connectivity index (χ1v) is 7.73. The smallest absolute Gasteiger partial charge is 0.240 e. The van der Waals surface area contributed by atoms with Crippen molar-refractivity contribution >= 4 is 24.2 Å². The molecule has 2 nitrogen and oxygen atoms in total. The van der Waals surface area contributed by atoms with Crippen LogP contribution in [0.3, 0.4) is 0 Å². The second-order valence-corrected chi connectivity index (χ2v) is 5.75. The van der Waals surface area contributed by atoms with Gasteiger partial charge in [-0.3, -0.25) is 4.79 Å². The monoisotopic (exact) mass is 299 g/mol. The Morgan fingerprint density at radius 2 is 1.86 bits per heavy atom. The Hall–Kier alpha value is -1.74. The normalized spacial score (nSPS) is 12.0. The summed E-state index contributed by atoms with van der Waals surface area (Å²) in [5, 5.41) is -0.326. The minimum Gasteiger partial charge on any atom is -0.312 e. The standard InChI is InChI=1S/C18H21NOS/c1-3-19(16-11-7-8-14(2)12-16)18(20)17(21)13-15-9-5-4-6-10-15/h4-12,17,21H,3,13H2,1-2H3. The van der Waals surface area contributed by atoms with E-state index in [1.54, 1.807) is 4.90 Å². The third kappa shape index (κ3) is 4.11. The second kappa shape index (κ2) is 7.32. The highest BCUT2D eigenvalue weighted by atomic mass is 32.1. The van der Waals surface area contributed by atoms with Crippen LogP contribution >= 0.6 is 12.6 Å². The molecule has 0 bridgehead atoms. The van der Waals surface area contributed by atoms with Gasteiger partial charge in [0.05, 0.1) is 5.25 Å². The molecule has 110 valence electrons. The van der Waals surface area contributed by atoms with Crippen LogP contribution in [0.1, 0.15) is 18.1 Å². The fourth-order valence-corrected chi connectivity index (χ4v) is 2.72. The van der Waals surface area contributed by atoms with Crippen LogP contribution in [-0.4, -0.2) is 17.7 Å². The molecule has 0 N–H and O–H groups in total. The van der Waals surface area contributed by atoms with Gasteiger partial charge in [-0.05, 0) is 43.5 Å². The predicted molar refractivity (Wildman–Crippen MR) is 92.1 cm³/mol. The van der Waals surface area contributed by atoms with Gasteiger partial charge in [0.1, 0.15) is 0 Å². The molecule has 1 atom stereocenters. The average molecular weight is 299 g/mol. The third-order valence-corrected chi connectivity index (χ3v) is 3.86. The molecule has 0 aliphatic heterocycles. The maximum absolute atomic E-state index is 12.6. The second-order valence-electron chi connectivity index (χ2n) is 5.13. The molecule has 0 aromatic heterocycles. The van der Waals surface area contributed by atoms with Crippen molar-refractivity contribution in [3.63, 3.8) is 0 Å². The number of hydrogen-bond donors (Lipinski definition) is 1. The fraction of sp³-hybridized carbons (Fsp3) is 0.278. The number of carbonyl (C=O) groups excluding carboxylic acids is 1. The van der Waals surface area contributed by atoms with Crippen LogP contribution in [0.4, 0.5) is 5.69 Å². The Kier molecular flexibility index (Phi) is 5.45. The summed E-state index contributed by atoms with van der Waals surface area (Å²) in [7, 11) is 0. The summed E-state index contributed by atoms with van der Waals surface area (Å²) in [5.74, 6) is 0.0512. The summed E-state index contributed by atoms with van der Waals surface area (Å²) in [6.07, 6.45) is 0.644. The van der Waals surface area contributed by atoms with E-state index in [4.69, 9.17) is 0 Å². The molecule has 0 heterocycles. The van der Waals surface area contributed by atoms with E-state index in [1.165, 1.54) is 0 Å². The van der Waals surface area contributed by atoms with Crippen LogP contribution in [0.15, 0.2) is 54.6 Å². The van der Waals surface area contributed by atoms with Gasteiger partial charge in [-0.25, -0.2) is 0 Å². The van der Waals surface area contributed by atoms with Gasteiger partial charge in [0, 0.05) is 12.2 Å². The van der Waals surface area contributed by atoms with E-state index < -0.39 is 0 Å². The van der Waals surface area contributed by atoms with E-state index in [0.29, 0.717) is 13.0 Å². The summed E-state index contributed by atoms with van der Waals surface area (Å²) in [6, 6.07) is 18.0. The predicted octanol–water partition coefficient (Wildman–Crippen LogP) is 3.89. The maximum Gasteiger partial charge on any atom is 0.240 e. The summed E-state index contributed by atoms with van der Waals surface area (Å²) < 4.78 is 0. The Morgan fingerprint density at radius 3 is 2.48 bits per heavy atom. The number of aryl methyl sites for hydroxylation is 1. The molecule has 2 aromatic rings. The molecule has 3 heteroatoms. The number of carbonyl (C=O) groups is 1. The van der Waals surface area contributed by atoms with Crippen molar-refractivity contribution in [2.45, 2.75) is 25.5 Å². The fourth-order valence-electron chi connectivity index (χ4n) is 2.37. The SMILES string of the molecule is CCN(C(=O)C(S)Cc1ccccc1)c1cccc(C)c1. The van der Waals surface area contributed by atoms with Crippen molar-refractivity contribution in [3.05, 3.63) is 65.7 Å². The minimum atomic E-state index is -0.326. The van der Waals surface area contributed by atoms with Crippen LogP contribution in [0.25, 0.3) is 0 Å². The lowest BCUT2D eigenvalue weighted by Crippen LogP contribution is -2.37. The highest BCUT2D eigenvalue weighted by molar-refractivity contribution is 7.81. The molecule has 0 aliphatic rings. The van der Waals surface area contributed by atoms with Crippen LogP contribution in [-0.2, 0) is 11.2 Å². The number of amides is 1. The molecule has 21 heavy (non-hydrogen) atoms. The summed E-state index contributed by atoms with van der Waals surface area (Å²) in [4.78, 5) is 14.4. The van der Waals surface area contributed by atoms with E-state index >= 15 is 0 Å².